The van der Waals surface area contributed by atoms with Crippen molar-refractivity contribution in [2.24, 2.45) is 0 Å². The highest BCUT2D eigenvalue weighted by Gasteiger charge is 2.22. The molecule has 0 unspecified atom stereocenters. The van der Waals surface area contributed by atoms with Gasteiger partial charge in [-0.25, -0.2) is 0 Å². The molecule has 0 radical (unpaired) electrons. The number of hydrogen-bond acceptors (Lipinski definition) is 3. The molecule has 1 aromatic rings. The summed E-state index contributed by atoms with van der Waals surface area (Å²) >= 11 is 5.82. The van der Waals surface area contributed by atoms with Crippen LogP contribution < -0.4 is 0 Å². The number of halogens is 1. The fourth-order valence-electron chi connectivity index (χ4n) is 2.32. The van der Waals surface area contributed by atoms with E-state index < -0.39 is 0 Å². The highest BCUT2D eigenvalue weighted by molar-refractivity contribution is 6.30. The molecule has 110 valence electrons. The van der Waals surface area contributed by atoms with E-state index in [4.69, 9.17) is 16.9 Å². The lowest BCUT2D eigenvalue weighted by molar-refractivity contribution is -0.129. The molecule has 6 heteroatoms. The van der Waals surface area contributed by atoms with Crippen LogP contribution in [-0.4, -0.2) is 47.8 Å². The van der Waals surface area contributed by atoms with E-state index in [1.54, 1.807) is 34.1 Å². The average Bonchev–Trinajstić information content (AvgIpc) is 2.73. The fourth-order valence-corrected chi connectivity index (χ4v) is 2.45. The van der Waals surface area contributed by atoms with Crippen molar-refractivity contribution >= 4 is 23.4 Å². The van der Waals surface area contributed by atoms with Crippen LogP contribution in [-0.2, 0) is 4.79 Å². The summed E-state index contributed by atoms with van der Waals surface area (Å²) in [5.74, 6) is -0.223. The van der Waals surface area contributed by atoms with Gasteiger partial charge in [0.05, 0.1) is 6.07 Å². The van der Waals surface area contributed by atoms with E-state index >= 15 is 0 Å². The number of benzene rings is 1. The van der Waals surface area contributed by atoms with E-state index in [-0.39, 0.29) is 18.2 Å². The van der Waals surface area contributed by atoms with E-state index in [0.717, 1.165) is 6.42 Å². The Morgan fingerprint density at radius 3 is 2.38 bits per heavy atom. The summed E-state index contributed by atoms with van der Waals surface area (Å²) in [5, 5.41) is 9.17. The SMILES string of the molecule is N#CCC(=O)N1CCCN(C(=O)c2ccc(Cl)cc2)CC1. The van der Waals surface area contributed by atoms with Crippen molar-refractivity contribution in [3.63, 3.8) is 0 Å². The van der Waals surface area contributed by atoms with E-state index in [2.05, 4.69) is 0 Å². The van der Waals surface area contributed by atoms with Crippen LogP contribution in [0, 0.1) is 11.3 Å². The lowest BCUT2D eigenvalue weighted by Crippen LogP contribution is -2.37. The third kappa shape index (κ3) is 3.96. The molecule has 2 rings (SSSR count). The van der Waals surface area contributed by atoms with Gasteiger partial charge in [-0.2, -0.15) is 5.26 Å². The van der Waals surface area contributed by atoms with Crippen LogP contribution in [0.3, 0.4) is 0 Å². The Morgan fingerprint density at radius 2 is 1.71 bits per heavy atom. The molecule has 0 aromatic heterocycles. The standard InChI is InChI=1S/C15H16ClN3O2/c16-13-4-2-12(3-5-13)15(21)19-9-1-8-18(10-11-19)14(20)6-7-17/h2-5H,1,6,8-11H2. The molecule has 5 nitrogen and oxygen atoms in total. The fraction of sp³-hybridized carbons (Fsp3) is 0.400. The van der Waals surface area contributed by atoms with Crippen LogP contribution >= 0.6 is 11.6 Å². The molecular formula is C15H16ClN3O2. The van der Waals surface area contributed by atoms with Gasteiger partial charge in [-0.1, -0.05) is 11.6 Å². The molecule has 21 heavy (non-hydrogen) atoms. The highest BCUT2D eigenvalue weighted by atomic mass is 35.5. The van der Waals surface area contributed by atoms with Crippen molar-refractivity contribution in [2.45, 2.75) is 12.8 Å². The molecule has 1 aliphatic rings. The van der Waals surface area contributed by atoms with Crippen molar-refractivity contribution < 1.29 is 9.59 Å². The second-order valence-electron chi connectivity index (χ2n) is 4.87. The molecule has 2 amide bonds. The Labute approximate surface area is 128 Å². The first-order chi connectivity index (χ1) is 10.1. The minimum atomic E-state index is -0.168. The molecular weight excluding hydrogens is 290 g/mol. The third-order valence-corrected chi connectivity index (χ3v) is 3.71. The Morgan fingerprint density at radius 1 is 1.10 bits per heavy atom. The van der Waals surface area contributed by atoms with Crippen LogP contribution in [0.2, 0.25) is 5.02 Å². The molecule has 1 heterocycles. The molecule has 0 atom stereocenters. The topological polar surface area (TPSA) is 64.4 Å². The highest BCUT2D eigenvalue weighted by Crippen LogP contribution is 2.13. The zero-order valence-electron chi connectivity index (χ0n) is 11.6. The van der Waals surface area contributed by atoms with Gasteiger partial charge in [-0.15, -0.1) is 0 Å². The normalized spacial score (nSPS) is 15.2. The second-order valence-corrected chi connectivity index (χ2v) is 5.30. The van der Waals surface area contributed by atoms with Gasteiger partial charge in [0.15, 0.2) is 0 Å². The summed E-state index contributed by atoms with van der Waals surface area (Å²) < 4.78 is 0. The third-order valence-electron chi connectivity index (χ3n) is 3.46. The van der Waals surface area contributed by atoms with Gasteiger partial charge >= 0.3 is 0 Å². The Hall–Kier alpha value is -2.06. The molecule has 0 spiro atoms. The number of carbonyl (C=O) groups excluding carboxylic acids is 2. The molecule has 1 aliphatic heterocycles. The maximum absolute atomic E-state index is 12.4. The van der Waals surface area contributed by atoms with Crippen LogP contribution in [0.25, 0.3) is 0 Å². The number of amides is 2. The molecule has 1 fully saturated rings. The molecule has 0 saturated carbocycles. The van der Waals surface area contributed by atoms with Crippen molar-refractivity contribution in [2.75, 3.05) is 26.2 Å². The number of nitriles is 1. The number of rotatable bonds is 2. The van der Waals surface area contributed by atoms with Crippen LogP contribution in [0.5, 0.6) is 0 Å². The van der Waals surface area contributed by atoms with Crippen LogP contribution in [0.1, 0.15) is 23.2 Å². The van der Waals surface area contributed by atoms with Crippen molar-refractivity contribution in [3.05, 3.63) is 34.9 Å². The van der Waals surface area contributed by atoms with E-state index in [0.29, 0.717) is 36.8 Å². The van der Waals surface area contributed by atoms with E-state index in [1.807, 2.05) is 6.07 Å². The van der Waals surface area contributed by atoms with Gasteiger partial charge in [-0.3, -0.25) is 9.59 Å². The molecule has 1 aromatic carbocycles. The summed E-state index contributed by atoms with van der Waals surface area (Å²) in [6, 6.07) is 8.65. The predicted octanol–water partition coefficient (Wildman–Crippen LogP) is 1.93. The van der Waals surface area contributed by atoms with Gasteiger partial charge in [0, 0.05) is 36.8 Å². The molecule has 0 bridgehead atoms. The average molecular weight is 306 g/mol. The Bertz CT molecular complexity index is 565. The summed E-state index contributed by atoms with van der Waals surface area (Å²) in [7, 11) is 0. The first kappa shape index (κ1) is 15.3. The van der Waals surface area contributed by atoms with Gasteiger partial charge in [0.1, 0.15) is 6.42 Å². The Balaban J connectivity index is 1.99. The minimum Gasteiger partial charge on any atom is -0.340 e. The van der Waals surface area contributed by atoms with Crippen molar-refractivity contribution in [1.82, 2.24) is 9.80 Å². The van der Waals surface area contributed by atoms with Gasteiger partial charge in [0.2, 0.25) is 5.91 Å². The Kier molecular flexibility index (Phi) is 5.18. The van der Waals surface area contributed by atoms with Crippen molar-refractivity contribution in [3.8, 4) is 6.07 Å². The van der Waals surface area contributed by atoms with Gasteiger partial charge < -0.3 is 9.80 Å². The summed E-state index contributed by atoms with van der Waals surface area (Å²) in [6.45, 7) is 2.15. The number of hydrogen-bond donors (Lipinski definition) is 0. The quantitative estimate of drug-likeness (QED) is 0.838. The van der Waals surface area contributed by atoms with E-state index in [1.165, 1.54) is 0 Å². The zero-order valence-corrected chi connectivity index (χ0v) is 12.3. The first-order valence-corrected chi connectivity index (χ1v) is 7.19. The molecule has 0 aliphatic carbocycles. The summed E-state index contributed by atoms with van der Waals surface area (Å²) in [4.78, 5) is 27.5. The lowest BCUT2D eigenvalue weighted by atomic mass is 10.2. The van der Waals surface area contributed by atoms with Gasteiger partial charge in [-0.05, 0) is 30.7 Å². The predicted molar refractivity (Wildman–Crippen MR) is 78.8 cm³/mol. The van der Waals surface area contributed by atoms with E-state index in [9.17, 15) is 9.59 Å². The zero-order chi connectivity index (χ0) is 15.2. The summed E-state index contributed by atoms with van der Waals surface area (Å²) in [6.07, 6.45) is 0.613. The maximum Gasteiger partial charge on any atom is 0.253 e. The summed E-state index contributed by atoms with van der Waals surface area (Å²) in [5.41, 5.74) is 0.594. The maximum atomic E-state index is 12.4. The smallest absolute Gasteiger partial charge is 0.253 e. The van der Waals surface area contributed by atoms with Crippen molar-refractivity contribution in [1.29, 1.82) is 5.26 Å². The van der Waals surface area contributed by atoms with Gasteiger partial charge in [0.25, 0.3) is 5.91 Å². The van der Waals surface area contributed by atoms with Crippen LogP contribution in [0.4, 0.5) is 0 Å². The lowest BCUT2D eigenvalue weighted by Gasteiger charge is -2.21. The minimum absolute atomic E-state index is 0.0544. The second kappa shape index (κ2) is 7.09. The molecule has 0 N–H and O–H groups in total. The first-order valence-electron chi connectivity index (χ1n) is 6.81. The monoisotopic (exact) mass is 305 g/mol. The number of nitrogens with zero attached hydrogens (tertiary/aromatic N) is 3. The number of carbonyl (C=O) groups is 2. The van der Waals surface area contributed by atoms with Crippen LogP contribution in [0.15, 0.2) is 24.3 Å². The largest absolute Gasteiger partial charge is 0.340 e. The molecule has 1 saturated heterocycles.